The van der Waals surface area contributed by atoms with Gasteiger partial charge in [0.15, 0.2) is 16.6 Å². The first kappa shape index (κ1) is 25.8. The number of benzene rings is 3. The van der Waals surface area contributed by atoms with Gasteiger partial charge in [-0.3, -0.25) is 14.9 Å². The maximum absolute atomic E-state index is 12.5. The second-order valence-corrected chi connectivity index (χ2v) is 8.57. The van der Waals surface area contributed by atoms with Gasteiger partial charge in [-0.05, 0) is 48.6 Å². The molecule has 0 aliphatic carbocycles. The minimum atomic E-state index is -0.508. The number of aromatic nitrogens is 3. The van der Waals surface area contributed by atoms with Crippen LogP contribution in [0.4, 0.5) is 11.4 Å². The predicted molar refractivity (Wildman–Crippen MR) is 143 cm³/mol. The molecule has 0 radical (unpaired) electrons. The van der Waals surface area contributed by atoms with Gasteiger partial charge in [-0.25, -0.2) is 4.68 Å². The molecule has 1 aromatic heterocycles. The van der Waals surface area contributed by atoms with Crippen LogP contribution in [0.2, 0.25) is 10.0 Å². The van der Waals surface area contributed by atoms with Crippen LogP contribution in [-0.2, 0) is 0 Å². The Bertz CT molecular complexity index is 1480. The van der Waals surface area contributed by atoms with E-state index in [0.717, 1.165) is 0 Å². The van der Waals surface area contributed by atoms with Crippen molar-refractivity contribution in [1.29, 1.82) is 0 Å². The zero-order chi connectivity index (χ0) is 26.4. The maximum Gasteiger partial charge on any atom is 0.274 e. The van der Waals surface area contributed by atoms with Gasteiger partial charge in [0.1, 0.15) is 11.4 Å². The third-order valence-corrected chi connectivity index (χ3v) is 5.54. The Balaban J connectivity index is 1.36. The standard InChI is InChI=1S/C23H17Cl2N7O4S/c24-14-8-9-20(17(25)10-14)36-21-7-2-1-6-19(21)31-12-18(29-30-31)22(33)26-13-27-23(37)28-15-4-3-5-16(11-15)32(34)35/h1-12H,13H2,(H,26,33)(H2,27,28,37). The number of ether oxygens (including phenoxy) is 1. The number of nitro groups is 1. The lowest BCUT2D eigenvalue weighted by Gasteiger charge is -2.12. The van der Waals surface area contributed by atoms with E-state index in [1.54, 1.807) is 48.5 Å². The van der Waals surface area contributed by atoms with Crippen LogP contribution in [0.3, 0.4) is 0 Å². The number of halogens is 2. The summed E-state index contributed by atoms with van der Waals surface area (Å²) in [6.45, 7) is -0.0266. The first-order valence-corrected chi connectivity index (χ1v) is 11.7. The normalized spacial score (nSPS) is 10.4. The lowest BCUT2D eigenvalue weighted by Crippen LogP contribution is -2.39. The molecule has 11 nitrogen and oxygen atoms in total. The van der Waals surface area contributed by atoms with E-state index in [1.807, 2.05) is 0 Å². The molecule has 37 heavy (non-hydrogen) atoms. The monoisotopic (exact) mass is 557 g/mol. The lowest BCUT2D eigenvalue weighted by atomic mass is 10.3. The van der Waals surface area contributed by atoms with Crippen molar-refractivity contribution in [2.24, 2.45) is 0 Å². The van der Waals surface area contributed by atoms with Gasteiger partial charge in [-0.2, -0.15) is 0 Å². The van der Waals surface area contributed by atoms with Crippen LogP contribution in [0.25, 0.3) is 5.69 Å². The van der Waals surface area contributed by atoms with Gasteiger partial charge in [0, 0.05) is 22.8 Å². The molecule has 188 valence electrons. The molecule has 0 spiro atoms. The average Bonchev–Trinajstić information content (AvgIpc) is 3.36. The Kier molecular flexibility index (Phi) is 8.13. The van der Waals surface area contributed by atoms with E-state index in [4.69, 9.17) is 40.2 Å². The Morgan fingerprint density at radius 1 is 1.05 bits per heavy atom. The van der Waals surface area contributed by atoms with Gasteiger partial charge < -0.3 is 20.7 Å². The average molecular weight is 558 g/mol. The number of anilines is 1. The molecule has 0 saturated carbocycles. The van der Waals surface area contributed by atoms with Gasteiger partial charge in [0.2, 0.25) is 0 Å². The number of nitro benzene ring substituents is 1. The van der Waals surface area contributed by atoms with Gasteiger partial charge in [0.05, 0.1) is 22.8 Å². The number of nitrogens with zero attached hydrogens (tertiary/aromatic N) is 4. The summed E-state index contributed by atoms with van der Waals surface area (Å²) in [5, 5.41) is 28.0. The number of hydrogen-bond donors (Lipinski definition) is 3. The summed E-state index contributed by atoms with van der Waals surface area (Å²) in [6, 6.07) is 17.8. The second kappa shape index (κ2) is 11.6. The smallest absolute Gasteiger partial charge is 0.274 e. The quantitative estimate of drug-likeness (QED) is 0.119. The van der Waals surface area contributed by atoms with Crippen molar-refractivity contribution in [3.05, 3.63) is 98.8 Å². The molecule has 1 heterocycles. The molecule has 0 fully saturated rings. The summed E-state index contributed by atoms with van der Waals surface area (Å²) < 4.78 is 7.33. The number of amides is 1. The van der Waals surface area contributed by atoms with Crippen molar-refractivity contribution >= 4 is 57.8 Å². The van der Waals surface area contributed by atoms with Crippen molar-refractivity contribution in [2.75, 3.05) is 12.0 Å². The minimum absolute atomic E-state index is 0.0266. The Morgan fingerprint density at radius 3 is 2.65 bits per heavy atom. The third-order valence-electron chi connectivity index (χ3n) is 4.76. The molecular formula is C23H17Cl2N7O4S. The summed E-state index contributed by atoms with van der Waals surface area (Å²) in [5.74, 6) is 0.330. The fourth-order valence-electron chi connectivity index (χ4n) is 3.06. The first-order chi connectivity index (χ1) is 17.8. The van der Waals surface area contributed by atoms with E-state index in [2.05, 4.69) is 26.3 Å². The van der Waals surface area contributed by atoms with Gasteiger partial charge in [-0.1, -0.05) is 46.6 Å². The summed E-state index contributed by atoms with van der Waals surface area (Å²) >= 11 is 17.3. The number of carbonyl (C=O) groups excluding carboxylic acids is 1. The SMILES string of the molecule is O=C(NCNC(=S)Nc1cccc([N+](=O)[O-])c1)c1cn(-c2ccccc2Oc2ccc(Cl)cc2Cl)nn1. The maximum atomic E-state index is 12.5. The van der Waals surface area contributed by atoms with Gasteiger partial charge in [-0.15, -0.1) is 5.10 Å². The summed E-state index contributed by atoms with van der Waals surface area (Å²) in [4.78, 5) is 22.9. The van der Waals surface area contributed by atoms with E-state index in [0.29, 0.717) is 32.9 Å². The zero-order valence-corrected chi connectivity index (χ0v) is 21.0. The van der Waals surface area contributed by atoms with E-state index in [1.165, 1.54) is 29.1 Å². The number of thiocarbonyl (C=S) groups is 1. The number of carbonyl (C=O) groups is 1. The van der Waals surface area contributed by atoms with Crippen molar-refractivity contribution in [3.8, 4) is 17.2 Å². The number of nitrogens with one attached hydrogen (secondary N) is 3. The number of rotatable bonds is 8. The van der Waals surface area contributed by atoms with E-state index in [9.17, 15) is 14.9 Å². The molecule has 3 aromatic carbocycles. The molecule has 0 aliphatic rings. The number of para-hydroxylation sites is 2. The van der Waals surface area contributed by atoms with E-state index in [-0.39, 0.29) is 23.2 Å². The molecule has 4 aromatic rings. The van der Waals surface area contributed by atoms with Crippen LogP contribution >= 0.6 is 35.4 Å². The molecular weight excluding hydrogens is 541 g/mol. The van der Waals surface area contributed by atoms with Crippen molar-refractivity contribution in [2.45, 2.75) is 0 Å². The molecule has 3 N–H and O–H groups in total. The Morgan fingerprint density at radius 2 is 1.86 bits per heavy atom. The molecule has 1 amide bonds. The van der Waals surface area contributed by atoms with Crippen LogP contribution in [0.5, 0.6) is 11.5 Å². The topological polar surface area (TPSA) is 136 Å². The molecule has 0 saturated heterocycles. The highest BCUT2D eigenvalue weighted by molar-refractivity contribution is 7.80. The molecule has 0 atom stereocenters. The Labute approximate surface area is 225 Å². The van der Waals surface area contributed by atoms with Crippen LogP contribution in [-0.4, -0.2) is 37.6 Å². The highest BCUT2D eigenvalue weighted by Gasteiger charge is 2.15. The third kappa shape index (κ3) is 6.70. The number of hydrogen-bond acceptors (Lipinski definition) is 7. The van der Waals surface area contributed by atoms with Crippen LogP contribution in [0.15, 0.2) is 72.9 Å². The van der Waals surface area contributed by atoms with Crippen molar-refractivity contribution in [1.82, 2.24) is 25.6 Å². The van der Waals surface area contributed by atoms with Crippen LogP contribution in [0.1, 0.15) is 10.5 Å². The zero-order valence-electron chi connectivity index (χ0n) is 18.7. The minimum Gasteiger partial charge on any atom is -0.454 e. The van der Waals surface area contributed by atoms with Crippen LogP contribution in [0, 0.1) is 10.1 Å². The fourth-order valence-corrected chi connectivity index (χ4v) is 3.70. The van der Waals surface area contributed by atoms with Gasteiger partial charge >= 0.3 is 0 Å². The summed E-state index contributed by atoms with van der Waals surface area (Å²) in [7, 11) is 0. The fraction of sp³-hybridized carbons (Fsp3) is 0.0435. The highest BCUT2D eigenvalue weighted by atomic mass is 35.5. The number of non-ortho nitro benzene ring substituents is 1. The van der Waals surface area contributed by atoms with E-state index >= 15 is 0 Å². The highest BCUT2D eigenvalue weighted by Crippen LogP contribution is 2.34. The summed E-state index contributed by atoms with van der Waals surface area (Å²) in [6.07, 6.45) is 1.45. The molecule has 14 heteroatoms. The first-order valence-electron chi connectivity index (χ1n) is 10.5. The molecule has 0 aliphatic heterocycles. The Hall–Kier alpha value is -4.26. The summed E-state index contributed by atoms with van der Waals surface area (Å²) in [5.41, 5.74) is 0.938. The van der Waals surface area contributed by atoms with E-state index < -0.39 is 10.8 Å². The molecule has 4 rings (SSSR count). The second-order valence-electron chi connectivity index (χ2n) is 7.31. The van der Waals surface area contributed by atoms with Gasteiger partial charge in [0.25, 0.3) is 11.6 Å². The largest absolute Gasteiger partial charge is 0.454 e. The van der Waals surface area contributed by atoms with Crippen molar-refractivity contribution < 1.29 is 14.5 Å². The van der Waals surface area contributed by atoms with Crippen LogP contribution < -0.4 is 20.7 Å². The molecule has 0 bridgehead atoms. The molecule has 0 unspecified atom stereocenters. The van der Waals surface area contributed by atoms with Crippen molar-refractivity contribution in [3.63, 3.8) is 0 Å². The lowest BCUT2D eigenvalue weighted by molar-refractivity contribution is -0.384. The predicted octanol–water partition coefficient (Wildman–Crippen LogP) is 4.95.